The number of esters is 1. The summed E-state index contributed by atoms with van der Waals surface area (Å²) >= 11 is 5.08. The van der Waals surface area contributed by atoms with Crippen molar-refractivity contribution in [3.8, 4) is 0 Å². The maximum absolute atomic E-state index is 12.2. The number of ether oxygens (including phenoxy) is 1. The first-order valence-electron chi connectivity index (χ1n) is 7.30. The van der Waals surface area contributed by atoms with Gasteiger partial charge in [-0.15, -0.1) is 11.3 Å². The Morgan fingerprint density at radius 3 is 2.67 bits per heavy atom. The molecule has 5 nitrogen and oxygen atoms in total. The summed E-state index contributed by atoms with van der Waals surface area (Å²) in [6, 6.07) is 9.13. The maximum Gasteiger partial charge on any atom is 0.337 e. The standard InChI is InChI=1S/C17H19BrN2O3S/c1-11-4-5-12(17(22)23-3)8-14(11)19-16(21)10-20(2)9-13-6-7-15(18)24-13/h4-8H,9-10H2,1-3H3,(H,19,21). The second-order valence-corrected chi connectivity index (χ2v) is 8.00. The van der Waals surface area contributed by atoms with Gasteiger partial charge in [-0.2, -0.15) is 0 Å². The summed E-state index contributed by atoms with van der Waals surface area (Å²) in [4.78, 5) is 27.0. The summed E-state index contributed by atoms with van der Waals surface area (Å²) in [6.45, 7) is 2.84. The molecular formula is C17H19BrN2O3S. The Bertz CT molecular complexity index is 745. The van der Waals surface area contributed by atoms with E-state index < -0.39 is 5.97 Å². The summed E-state index contributed by atoms with van der Waals surface area (Å²) in [6.07, 6.45) is 0. The average molecular weight is 411 g/mol. The molecule has 128 valence electrons. The lowest BCUT2D eigenvalue weighted by molar-refractivity contribution is -0.117. The molecule has 1 aromatic heterocycles. The zero-order valence-electron chi connectivity index (χ0n) is 13.8. The molecular weight excluding hydrogens is 392 g/mol. The van der Waals surface area contributed by atoms with Gasteiger partial charge in [-0.3, -0.25) is 9.69 Å². The Kier molecular flexibility index (Phi) is 6.53. The highest BCUT2D eigenvalue weighted by Crippen LogP contribution is 2.23. The molecule has 0 atom stereocenters. The van der Waals surface area contributed by atoms with Crippen molar-refractivity contribution in [2.75, 3.05) is 26.0 Å². The van der Waals surface area contributed by atoms with Gasteiger partial charge in [0, 0.05) is 17.1 Å². The topological polar surface area (TPSA) is 58.6 Å². The lowest BCUT2D eigenvalue weighted by atomic mass is 10.1. The van der Waals surface area contributed by atoms with E-state index in [-0.39, 0.29) is 12.5 Å². The van der Waals surface area contributed by atoms with E-state index in [9.17, 15) is 9.59 Å². The Hall–Kier alpha value is -1.70. The first kappa shape index (κ1) is 18.6. The van der Waals surface area contributed by atoms with Gasteiger partial charge in [0.2, 0.25) is 5.91 Å². The molecule has 24 heavy (non-hydrogen) atoms. The number of hydrogen-bond acceptors (Lipinski definition) is 5. The minimum absolute atomic E-state index is 0.127. The first-order valence-corrected chi connectivity index (χ1v) is 8.91. The Morgan fingerprint density at radius 1 is 1.29 bits per heavy atom. The highest BCUT2D eigenvalue weighted by atomic mass is 79.9. The normalized spacial score (nSPS) is 10.7. The van der Waals surface area contributed by atoms with E-state index in [4.69, 9.17) is 4.74 Å². The van der Waals surface area contributed by atoms with Crippen molar-refractivity contribution in [2.45, 2.75) is 13.5 Å². The number of thiophene rings is 1. The number of carbonyl (C=O) groups excluding carboxylic acids is 2. The van der Waals surface area contributed by atoms with Crippen LogP contribution in [0.5, 0.6) is 0 Å². The second-order valence-electron chi connectivity index (χ2n) is 5.45. The average Bonchev–Trinajstić information content (AvgIpc) is 2.93. The van der Waals surface area contributed by atoms with Crippen LogP contribution in [0.1, 0.15) is 20.8 Å². The van der Waals surface area contributed by atoms with Crippen LogP contribution in [0.2, 0.25) is 0 Å². The third-order valence-corrected chi connectivity index (χ3v) is 5.01. The number of nitrogens with zero attached hydrogens (tertiary/aromatic N) is 1. The number of nitrogens with one attached hydrogen (secondary N) is 1. The molecule has 0 unspecified atom stereocenters. The van der Waals surface area contributed by atoms with Crippen molar-refractivity contribution in [3.63, 3.8) is 0 Å². The fourth-order valence-corrected chi connectivity index (χ4v) is 3.76. The van der Waals surface area contributed by atoms with Gasteiger partial charge in [0.25, 0.3) is 0 Å². The van der Waals surface area contributed by atoms with E-state index >= 15 is 0 Å². The van der Waals surface area contributed by atoms with Crippen LogP contribution in [-0.4, -0.2) is 37.5 Å². The highest BCUT2D eigenvalue weighted by molar-refractivity contribution is 9.11. The number of hydrogen-bond donors (Lipinski definition) is 1. The van der Waals surface area contributed by atoms with Crippen LogP contribution in [0.25, 0.3) is 0 Å². The molecule has 1 heterocycles. The molecule has 0 aliphatic heterocycles. The molecule has 0 bridgehead atoms. The minimum Gasteiger partial charge on any atom is -0.465 e. The van der Waals surface area contributed by atoms with Crippen molar-refractivity contribution in [1.82, 2.24) is 4.90 Å². The van der Waals surface area contributed by atoms with Crippen LogP contribution in [0.3, 0.4) is 0 Å². The molecule has 0 spiro atoms. The molecule has 0 fully saturated rings. The number of halogens is 1. The van der Waals surface area contributed by atoms with Crippen molar-refractivity contribution < 1.29 is 14.3 Å². The van der Waals surface area contributed by atoms with Gasteiger partial charge < -0.3 is 10.1 Å². The Balaban J connectivity index is 1.97. The third kappa shape index (κ3) is 5.15. The van der Waals surface area contributed by atoms with Crippen LogP contribution < -0.4 is 5.32 Å². The van der Waals surface area contributed by atoms with E-state index in [0.29, 0.717) is 17.8 Å². The van der Waals surface area contributed by atoms with E-state index in [1.165, 1.54) is 12.0 Å². The van der Waals surface area contributed by atoms with Crippen molar-refractivity contribution in [3.05, 3.63) is 50.1 Å². The predicted molar refractivity (Wildman–Crippen MR) is 99.5 cm³/mol. The molecule has 1 amide bonds. The number of aryl methyl sites for hydroxylation is 1. The summed E-state index contributed by atoms with van der Waals surface area (Å²) in [5, 5.41) is 2.86. The number of amides is 1. The monoisotopic (exact) mass is 410 g/mol. The SMILES string of the molecule is COC(=O)c1ccc(C)c(NC(=O)CN(C)Cc2ccc(Br)s2)c1. The highest BCUT2D eigenvalue weighted by Gasteiger charge is 2.12. The Labute approximate surface area is 153 Å². The van der Waals surface area contributed by atoms with E-state index in [1.807, 2.05) is 31.0 Å². The zero-order chi connectivity index (χ0) is 17.7. The van der Waals surface area contributed by atoms with Gasteiger partial charge in [0.05, 0.1) is 23.0 Å². The first-order chi connectivity index (χ1) is 11.4. The number of methoxy groups -OCH3 is 1. The summed E-state index contributed by atoms with van der Waals surface area (Å²) in [5.74, 6) is -0.552. The minimum atomic E-state index is -0.425. The van der Waals surface area contributed by atoms with Gasteiger partial charge in [0.1, 0.15) is 0 Å². The van der Waals surface area contributed by atoms with E-state index in [2.05, 4.69) is 21.2 Å². The van der Waals surface area contributed by atoms with E-state index in [0.717, 1.165) is 9.35 Å². The van der Waals surface area contributed by atoms with Crippen LogP contribution >= 0.6 is 27.3 Å². The fraction of sp³-hybridized carbons (Fsp3) is 0.294. The third-order valence-electron chi connectivity index (χ3n) is 3.40. The van der Waals surface area contributed by atoms with Gasteiger partial charge in [-0.25, -0.2) is 4.79 Å². The number of carbonyl (C=O) groups is 2. The van der Waals surface area contributed by atoms with Gasteiger partial charge >= 0.3 is 5.97 Å². The second kappa shape index (κ2) is 8.41. The fourth-order valence-electron chi connectivity index (χ4n) is 2.20. The summed E-state index contributed by atoms with van der Waals surface area (Å²) in [5.41, 5.74) is 1.92. The molecule has 1 aromatic carbocycles. The number of benzene rings is 1. The van der Waals surface area contributed by atoms with Crippen LogP contribution in [-0.2, 0) is 16.1 Å². The zero-order valence-corrected chi connectivity index (χ0v) is 16.2. The van der Waals surface area contributed by atoms with Gasteiger partial charge in [-0.05, 0) is 59.7 Å². The molecule has 1 N–H and O–H groups in total. The Morgan fingerprint density at radius 2 is 2.04 bits per heavy atom. The lowest BCUT2D eigenvalue weighted by Gasteiger charge is -2.16. The lowest BCUT2D eigenvalue weighted by Crippen LogP contribution is -2.29. The maximum atomic E-state index is 12.2. The largest absolute Gasteiger partial charge is 0.465 e. The van der Waals surface area contributed by atoms with Crippen LogP contribution in [0.4, 0.5) is 5.69 Å². The molecule has 7 heteroatoms. The number of likely N-dealkylation sites (N-methyl/N-ethyl adjacent to an activating group) is 1. The number of rotatable bonds is 6. The van der Waals surface area contributed by atoms with Crippen LogP contribution in [0.15, 0.2) is 34.1 Å². The molecule has 2 aromatic rings. The predicted octanol–water partition coefficient (Wildman–Crippen LogP) is 3.68. The summed E-state index contributed by atoms with van der Waals surface area (Å²) in [7, 11) is 3.23. The quantitative estimate of drug-likeness (QED) is 0.737. The molecule has 0 saturated carbocycles. The van der Waals surface area contributed by atoms with Crippen LogP contribution in [0, 0.1) is 6.92 Å². The smallest absolute Gasteiger partial charge is 0.337 e. The molecule has 0 aliphatic rings. The van der Waals surface area contributed by atoms with Crippen molar-refractivity contribution in [1.29, 1.82) is 0 Å². The summed E-state index contributed by atoms with van der Waals surface area (Å²) < 4.78 is 5.78. The van der Waals surface area contributed by atoms with Gasteiger partial charge in [-0.1, -0.05) is 6.07 Å². The van der Waals surface area contributed by atoms with Crippen molar-refractivity contribution >= 4 is 44.8 Å². The molecule has 0 aliphatic carbocycles. The molecule has 0 radical (unpaired) electrons. The molecule has 0 saturated heterocycles. The van der Waals surface area contributed by atoms with Gasteiger partial charge in [0.15, 0.2) is 0 Å². The van der Waals surface area contributed by atoms with E-state index in [1.54, 1.807) is 29.5 Å². The number of anilines is 1. The molecule has 2 rings (SSSR count). The van der Waals surface area contributed by atoms with Crippen molar-refractivity contribution in [2.24, 2.45) is 0 Å².